The number of nitrogens with zero attached hydrogens (tertiary/aromatic N) is 3. The van der Waals surface area contributed by atoms with Crippen molar-refractivity contribution in [3.8, 4) is 11.3 Å². The van der Waals surface area contributed by atoms with Crippen molar-refractivity contribution in [2.45, 2.75) is 19.3 Å². The van der Waals surface area contributed by atoms with Gasteiger partial charge in [0, 0.05) is 11.0 Å². The number of hydrogen-bond acceptors (Lipinski definition) is 5. The molecule has 1 aromatic carbocycles. The number of carbonyl (C=O) groups is 2. The van der Waals surface area contributed by atoms with Crippen LogP contribution in [0, 0.1) is 11.9 Å². The van der Waals surface area contributed by atoms with Gasteiger partial charge in [-0.15, -0.1) is 0 Å². The first-order valence-electron chi connectivity index (χ1n) is 10.4. The second kappa shape index (κ2) is 9.27. The molecule has 0 saturated heterocycles. The molecule has 6 nitrogen and oxygen atoms in total. The highest BCUT2D eigenvalue weighted by atomic mass is 19.1. The van der Waals surface area contributed by atoms with E-state index in [0.29, 0.717) is 17.0 Å². The molecule has 0 radical (unpaired) electrons. The quantitative estimate of drug-likeness (QED) is 0.346. The molecule has 0 fully saturated rings. The van der Waals surface area contributed by atoms with Crippen molar-refractivity contribution in [3.05, 3.63) is 113 Å². The van der Waals surface area contributed by atoms with Crippen LogP contribution in [0.4, 0.5) is 8.78 Å². The molecule has 3 heterocycles. The molecule has 0 atom stereocenters. The minimum atomic E-state index is -0.956. The van der Waals surface area contributed by atoms with E-state index in [1.54, 1.807) is 60.7 Å². The van der Waals surface area contributed by atoms with Crippen molar-refractivity contribution in [3.63, 3.8) is 0 Å². The van der Waals surface area contributed by atoms with Crippen LogP contribution in [-0.4, -0.2) is 26.8 Å². The first-order chi connectivity index (χ1) is 16.3. The number of pyridine rings is 3. The van der Waals surface area contributed by atoms with E-state index in [1.165, 1.54) is 12.1 Å². The first kappa shape index (κ1) is 22.8. The zero-order valence-electron chi connectivity index (χ0n) is 18.4. The number of nitrogens with one attached hydrogen (secondary N) is 1. The summed E-state index contributed by atoms with van der Waals surface area (Å²) in [7, 11) is 0. The molecule has 0 saturated carbocycles. The molecule has 34 heavy (non-hydrogen) atoms. The molecule has 0 bridgehead atoms. The Bertz CT molecular complexity index is 1370. The number of rotatable bonds is 5. The van der Waals surface area contributed by atoms with Gasteiger partial charge in [0.2, 0.25) is 11.9 Å². The Morgan fingerprint density at radius 1 is 0.735 bits per heavy atom. The van der Waals surface area contributed by atoms with E-state index >= 15 is 0 Å². The van der Waals surface area contributed by atoms with Crippen LogP contribution in [0.3, 0.4) is 0 Å². The van der Waals surface area contributed by atoms with Gasteiger partial charge in [0.25, 0.3) is 11.8 Å². The monoisotopic (exact) mass is 458 g/mol. The van der Waals surface area contributed by atoms with E-state index < -0.39 is 29.1 Å². The summed E-state index contributed by atoms with van der Waals surface area (Å²) >= 11 is 0. The molecular formula is C26H20F2N4O2. The number of hydrogen-bond donors (Lipinski definition) is 1. The normalized spacial score (nSPS) is 11.2. The highest BCUT2D eigenvalue weighted by Gasteiger charge is 2.28. The van der Waals surface area contributed by atoms with Gasteiger partial charge in [-0.05, 0) is 62.4 Å². The van der Waals surface area contributed by atoms with E-state index in [-0.39, 0.29) is 17.0 Å². The smallest absolute Gasteiger partial charge is 0.276 e. The van der Waals surface area contributed by atoms with Gasteiger partial charge in [0.1, 0.15) is 5.69 Å². The van der Waals surface area contributed by atoms with Gasteiger partial charge in [-0.3, -0.25) is 19.9 Å². The molecule has 0 aliphatic rings. The summed E-state index contributed by atoms with van der Waals surface area (Å²) in [6.07, 6.45) is 0. The maximum Gasteiger partial charge on any atom is 0.276 e. The molecular weight excluding hydrogens is 438 g/mol. The van der Waals surface area contributed by atoms with Crippen molar-refractivity contribution in [2.75, 3.05) is 0 Å². The number of aromatic nitrogens is 3. The van der Waals surface area contributed by atoms with Crippen molar-refractivity contribution in [2.24, 2.45) is 0 Å². The standard InChI is InChI=1S/C26H20F2N4O2/c1-26(2,20-12-6-10-18(29-20)17-14-15-22(27)31-23(17)28)21-13-7-11-19(30-21)25(34)32-24(33)16-8-4-3-5-9-16/h3-15H,1-2H3,(H,32,33,34). The summed E-state index contributed by atoms with van der Waals surface area (Å²) in [6.45, 7) is 3.72. The molecule has 3 aromatic heterocycles. The van der Waals surface area contributed by atoms with Gasteiger partial charge >= 0.3 is 0 Å². The maximum absolute atomic E-state index is 14.2. The lowest BCUT2D eigenvalue weighted by atomic mass is 9.84. The van der Waals surface area contributed by atoms with Crippen molar-refractivity contribution >= 4 is 11.8 Å². The van der Waals surface area contributed by atoms with Crippen LogP contribution in [-0.2, 0) is 5.41 Å². The Labute approximate surface area is 194 Å². The molecule has 4 rings (SSSR count). The van der Waals surface area contributed by atoms with Gasteiger partial charge in [-0.1, -0.05) is 30.3 Å². The Hall–Kier alpha value is -4.33. The minimum Gasteiger partial charge on any atom is -0.287 e. The van der Waals surface area contributed by atoms with Crippen LogP contribution >= 0.6 is 0 Å². The Morgan fingerprint density at radius 3 is 2.12 bits per heavy atom. The lowest BCUT2D eigenvalue weighted by Gasteiger charge is -2.24. The third-order valence-corrected chi connectivity index (χ3v) is 5.37. The van der Waals surface area contributed by atoms with Crippen molar-refractivity contribution in [1.29, 1.82) is 0 Å². The first-order valence-corrected chi connectivity index (χ1v) is 10.4. The summed E-state index contributed by atoms with van der Waals surface area (Å²) in [5, 5.41) is 2.34. The fraction of sp³-hybridized carbons (Fsp3) is 0.115. The lowest BCUT2D eigenvalue weighted by molar-refractivity contribution is 0.0846. The Balaban J connectivity index is 1.61. The van der Waals surface area contributed by atoms with E-state index in [2.05, 4.69) is 20.3 Å². The van der Waals surface area contributed by atoms with Crippen LogP contribution in [0.2, 0.25) is 0 Å². The van der Waals surface area contributed by atoms with Crippen LogP contribution < -0.4 is 5.32 Å². The molecule has 0 spiro atoms. The van der Waals surface area contributed by atoms with Gasteiger partial charge in [-0.25, -0.2) is 4.98 Å². The molecule has 0 unspecified atom stereocenters. The number of carbonyl (C=O) groups excluding carboxylic acids is 2. The van der Waals surface area contributed by atoms with E-state index in [4.69, 9.17) is 0 Å². The van der Waals surface area contributed by atoms with E-state index in [1.807, 2.05) is 13.8 Å². The average molecular weight is 458 g/mol. The molecule has 0 aliphatic heterocycles. The zero-order valence-corrected chi connectivity index (χ0v) is 18.4. The third kappa shape index (κ3) is 4.71. The number of halogens is 2. The fourth-order valence-corrected chi connectivity index (χ4v) is 3.41. The largest absolute Gasteiger partial charge is 0.287 e. The Kier molecular flexibility index (Phi) is 6.23. The van der Waals surface area contributed by atoms with Crippen molar-refractivity contribution in [1.82, 2.24) is 20.3 Å². The van der Waals surface area contributed by atoms with E-state index in [9.17, 15) is 18.4 Å². The predicted molar refractivity (Wildman–Crippen MR) is 122 cm³/mol. The summed E-state index contributed by atoms with van der Waals surface area (Å²) < 4.78 is 27.4. The highest BCUT2D eigenvalue weighted by molar-refractivity contribution is 6.09. The van der Waals surface area contributed by atoms with Gasteiger partial charge in [0.05, 0.1) is 22.6 Å². The zero-order chi connectivity index (χ0) is 24.3. The number of imide groups is 1. The summed E-state index contributed by atoms with van der Waals surface area (Å²) in [5.41, 5.74) is 1.08. The predicted octanol–water partition coefficient (Wildman–Crippen LogP) is 4.71. The summed E-state index contributed by atoms with van der Waals surface area (Å²) in [5.74, 6) is -3.03. The lowest BCUT2D eigenvalue weighted by Crippen LogP contribution is -2.32. The SMILES string of the molecule is CC(C)(c1cccc(C(=O)NC(=O)c2ccccc2)n1)c1cccc(-c2ccc(F)nc2F)n1. The second-order valence-electron chi connectivity index (χ2n) is 8.06. The molecule has 8 heteroatoms. The van der Waals surface area contributed by atoms with Crippen LogP contribution in [0.15, 0.2) is 78.9 Å². The molecule has 170 valence electrons. The summed E-state index contributed by atoms with van der Waals surface area (Å²) in [4.78, 5) is 37.2. The van der Waals surface area contributed by atoms with Crippen molar-refractivity contribution < 1.29 is 18.4 Å². The van der Waals surface area contributed by atoms with Gasteiger partial charge < -0.3 is 0 Å². The molecule has 1 N–H and O–H groups in total. The molecule has 0 aliphatic carbocycles. The van der Waals surface area contributed by atoms with E-state index in [0.717, 1.165) is 6.07 Å². The van der Waals surface area contributed by atoms with Crippen LogP contribution in [0.25, 0.3) is 11.3 Å². The molecule has 2 amide bonds. The van der Waals surface area contributed by atoms with Crippen LogP contribution in [0.1, 0.15) is 46.1 Å². The van der Waals surface area contributed by atoms with Gasteiger partial charge in [-0.2, -0.15) is 13.8 Å². The number of benzene rings is 1. The topological polar surface area (TPSA) is 84.8 Å². The van der Waals surface area contributed by atoms with Gasteiger partial charge in [0.15, 0.2) is 0 Å². The summed E-state index contributed by atoms with van der Waals surface area (Å²) in [6, 6.07) is 20.7. The third-order valence-electron chi connectivity index (χ3n) is 5.37. The highest BCUT2D eigenvalue weighted by Crippen LogP contribution is 2.31. The maximum atomic E-state index is 14.2. The number of amides is 2. The Morgan fingerprint density at radius 2 is 1.41 bits per heavy atom. The average Bonchev–Trinajstić information content (AvgIpc) is 2.84. The second-order valence-corrected chi connectivity index (χ2v) is 8.06. The molecule has 4 aromatic rings. The fourth-order valence-electron chi connectivity index (χ4n) is 3.41. The van der Waals surface area contributed by atoms with Crippen LogP contribution in [0.5, 0.6) is 0 Å². The minimum absolute atomic E-state index is 0.0690.